The number of para-hydroxylation sites is 1. The lowest BCUT2D eigenvalue weighted by Crippen LogP contribution is -2.21. The van der Waals surface area contributed by atoms with Crippen molar-refractivity contribution in [2.75, 3.05) is 17.2 Å². The minimum atomic E-state index is -4.45. The molecule has 132 valence electrons. The molecular formula is C17H15F3N2O3. The highest BCUT2D eigenvalue weighted by atomic mass is 19.4. The van der Waals surface area contributed by atoms with E-state index >= 15 is 0 Å². The van der Waals surface area contributed by atoms with Gasteiger partial charge in [-0.1, -0.05) is 12.1 Å². The van der Waals surface area contributed by atoms with E-state index in [-0.39, 0.29) is 23.5 Å². The van der Waals surface area contributed by atoms with Crippen molar-refractivity contribution in [2.45, 2.75) is 13.1 Å². The molecular weight excluding hydrogens is 337 g/mol. The van der Waals surface area contributed by atoms with Crippen LogP contribution >= 0.6 is 0 Å². The maximum atomic E-state index is 12.5. The van der Waals surface area contributed by atoms with Crippen LogP contribution in [-0.4, -0.2) is 18.6 Å². The third-order valence-electron chi connectivity index (χ3n) is 3.14. The summed E-state index contributed by atoms with van der Waals surface area (Å²) in [6, 6.07) is 9.55. The number of ether oxygens (including phenoxy) is 1. The number of carbonyl (C=O) groups excluding carboxylic acids is 2. The first-order valence-corrected chi connectivity index (χ1v) is 7.32. The fourth-order valence-corrected chi connectivity index (χ4v) is 2.01. The summed E-state index contributed by atoms with van der Waals surface area (Å²) in [5.74, 6) is -0.590. The minimum Gasteiger partial charge on any atom is -0.462 e. The standard InChI is InChI=1S/C17H15F3N2O3/c1-2-25-15(23)13-5-3-4-6-14(13)22-16(24)21-12-9-7-11(8-10-12)17(18,19)20/h3-10H,2H2,1H3,(H2,21,22,24). The average molecular weight is 352 g/mol. The molecule has 0 saturated heterocycles. The van der Waals surface area contributed by atoms with Gasteiger partial charge in [0.25, 0.3) is 0 Å². The fraction of sp³-hybridized carbons (Fsp3) is 0.176. The first kappa shape index (κ1) is 18.3. The van der Waals surface area contributed by atoms with Crippen LogP contribution in [0.3, 0.4) is 0 Å². The van der Waals surface area contributed by atoms with Gasteiger partial charge in [0.2, 0.25) is 0 Å². The molecule has 0 heterocycles. The number of halogens is 3. The molecule has 0 spiro atoms. The molecule has 25 heavy (non-hydrogen) atoms. The van der Waals surface area contributed by atoms with E-state index < -0.39 is 23.7 Å². The predicted octanol–water partition coefficient (Wildman–Crippen LogP) is 4.53. The van der Waals surface area contributed by atoms with Crippen LogP contribution in [0.25, 0.3) is 0 Å². The molecule has 0 atom stereocenters. The third kappa shape index (κ3) is 4.97. The number of rotatable bonds is 4. The van der Waals surface area contributed by atoms with Gasteiger partial charge in [-0.05, 0) is 43.3 Å². The van der Waals surface area contributed by atoms with Gasteiger partial charge in [0.05, 0.1) is 23.4 Å². The fourth-order valence-electron chi connectivity index (χ4n) is 2.01. The monoisotopic (exact) mass is 352 g/mol. The van der Waals surface area contributed by atoms with Crippen LogP contribution in [-0.2, 0) is 10.9 Å². The van der Waals surface area contributed by atoms with Crippen molar-refractivity contribution in [1.82, 2.24) is 0 Å². The molecule has 5 nitrogen and oxygen atoms in total. The zero-order chi connectivity index (χ0) is 18.4. The third-order valence-corrected chi connectivity index (χ3v) is 3.14. The number of benzene rings is 2. The summed E-state index contributed by atoms with van der Waals surface area (Å²) in [7, 11) is 0. The van der Waals surface area contributed by atoms with Gasteiger partial charge in [-0.2, -0.15) is 13.2 Å². The van der Waals surface area contributed by atoms with Crippen LogP contribution in [0.15, 0.2) is 48.5 Å². The molecule has 0 aromatic heterocycles. The zero-order valence-electron chi connectivity index (χ0n) is 13.2. The lowest BCUT2D eigenvalue weighted by molar-refractivity contribution is -0.137. The molecule has 2 aromatic carbocycles. The minimum absolute atomic E-state index is 0.173. The van der Waals surface area contributed by atoms with Gasteiger partial charge < -0.3 is 15.4 Å². The Morgan fingerprint density at radius 2 is 1.64 bits per heavy atom. The van der Waals surface area contributed by atoms with Crippen LogP contribution < -0.4 is 10.6 Å². The number of hydrogen-bond acceptors (Lipinski definition) is 3. The van der Waals surface area contributed by atoms with Crippen molar-refractivity contribution >= 4 is 23.4 Å². The highest BCUT2D eigenvalue weighted by Crippen LogP contribution is 2.29. The summed E-state index contributed by atoms with van der Waals surface area (Å²) in [5.41, 5.74) is -0.234. The van der Waals surface area contributed by atoms with Gasteiger partial charge in [-0.3, -0.25) is 0 Å². The van der Waals surface area contributed by atoms with Gasteiger partial charge >= 0.3 is 18.2 Å². The molecule has 2 aromatic rings. The van der Waals surface area contributed by atoms with Gasteiger partial charge in [0.1, 0.15) is 0 Å². The summed E-state index contributed by atoms with van der Waals surface area (Å²) in [6.07, 6.45) is -4.45. The molecule has 2 N–H and O–H groups in total. The smallest absolute Gasteiger partial charge is 0.416 e. The molecule has 0 fully saturated rings. The SMILES string of the molecule is CCOC(=O)c1ccccc1NC(=O)Nc1ccc(C(F)(F)F)cc1. The number of hydrogen-bond donors (Lipinski definition) is 2. The second-order valence-corrected chi connectivity index (χ2v) is 4.92. The molecule has 8 heteroatoms. The quantitative estimate of drug-likeness (QED) is 0.795. The van der Waals surface area contributed by atoms with Gasteiger partial charge in [0, 0.05) is 5.69 Å². The first-order chi connectivity index (χ1) is 11.8. The van der Waals surface area contributed by atoms with Crippen LogP contribution in [0.1, 0.15) is 22.8 Å². The van der Waals surface area contributed by atoms with Gasteiger partial charge in [-0.25, -0.2) is 9.59 Å². The Morgan fingerprint density at radius 1 is 1.00 bits per heavy atom. The summed E-state index contributed by atoms with van der Waals surface area (Å²) in [6.45, 7) is 1.84. The molecule has 0 bridgehead atoms. The van der Waals surface area contributed by atoms with E-state index in [0.29, 0.717) is 0 Å². The average Bonchev–Trinajstić information content (AvgIpc) is 2.55. The van der Waals surface area contributed by atoms with Crippen LogP contribution in [0.4, 0.5) is 29.3 Å². The number of carbonyl (C=O) groups is 2. The summed E-state index contributed by atoms with van der Waals surface area (Å²) in [4.78, 5) is 23.8. The Bertz CT molecular complexity index is 758. The number of anilines is 2. The number of alkyl halides is 3. The Balaban J connectivity index is 2.07. The van der Waals surface area contributed by atoms with Crippen LogP contribution in [0.5, 0.6) is 0 Å². The van der Waals surface area contributed by atoms with Crippen molar-refractivity contribution in [3.63, 3.8) is 0 Å². The summed E-state index contributed by atoms with van der Waals surface area (Å²) in [5, 5.41) is 4.87. The van der Waals surface area contributed by atoms with E-state index in [9.17, 15) is 22.8 Å². The molecule has 2 rings (SSSR count). The molecule has 0 unspecified atom stereocenters. The van der Waals surface area contributed by atoms with E-state index in [2.05, 4.69) is 10.6 Å². The summed E-state index contributed by atoms with van der Waals surface area (Å²) < 4.78 is 42.4. The maximum absolute atomic E-state index is 12.5. The van der Waals surface area contributed by atoms with E-state index in [1.807, 2.05) is 0 Å². The number of esters is 1. The topological polar surface area (TPSA) is 67.4 Å². The Hall–Kier alpha value is -3.03. The number of urea groups is 1. The second-order valence-electron chi connectivity index (χ2n) is 4.92. The molecule has 0 aliphatic carbocycles. The summed E-state index contributed by atoms with van der Waals surface area (Å²) >= 11 is 0. The van der Waals surface area contributed by atoms with Crippen molar-refractivity contribution in [1.29, 1.82) is 0 Å². The van der Waals surface area contributed by atoms with Crippen molar-refractivity contribution in [2.24, 2.45) is 0 Å². The molecule has 0 aliphatic rings. The zero-order valence-corrected chi connectivity index (χ0v) is 13.2. The Morgan fingerprint density at radius 3 is 2.24 bits per heavy atom. The number of amides is 2. The molecule has 2 amide bonds. The lowest BCUT2D eigenvalue weighted by atomic mass is 10.2. The van der Waals surface area contributed by atoms with Crippen molar-refractivity contribution < 1.29 is 27.5 Å². The lowest BCUT2D eigenvalue weighted by Gasteiger charge is -2.12. The van der Waals surface area contributed by atoms with Gasteiger partial charge in [0.15, 0.2) is 0 Å². The van der Waals surface area contributed by atoms with Gasteiger partial charge in [-0.15, -0.1) is 0 Å². The van der Waals surface area contributed by atoms with E-state index in [4.69, 9.17) is 4.74 Å². The van der Waals surface area contributed by atoms with Crippen molar-refractivity contribution in [3.05, 3.63) is 59.7 Å². The number of nitrogens with one attached hydrogen (secondary N) is 2. The highest BCUT2D eigenvalue weighted by Gasteiger charge is 2.30. The second kappa shape index (κ2) is 7.69. The van der Waals surface area contributed by atoms with E-state index in [0.717, 1.165) is 24.3 Å². The maximum Gasteiger partial charge on any atom is 0.416 e. The molecule has 0 aliphatic heterocycles. The molecule has 0 saturated carbocycles. The Labute approximate surface area is 141 Å². The Kier molecular flexibility index (Phi) is 5.63. The van der Waals surface area contributed by atoms with E-state index in [1.54, 1.807) is 19.1 Å². The largest absolute Gasteiger partial charge is 0.462 e. The normalized spacial score (nSPS) is 10.9. The van der Waals surface area contributed by atoms with Crippen LogP contribution in [0, 0.1) is 0 Å². The first-order valence-electron chi connectivity index (χ1n) is 7.32. The highest BCUT2D eigenvalue weighted by molar-refractivity contribution is 6.05. The van der Waals surface area contributed by atoms with Crippen LogP contribution in [0.2, 0.25) is 0 Å². The van der Waals surface area contributed by atoms with E-state index in [1.165, 1.54) is 12.1 Å². The molecule has 0 radical (unpaired) electrons. The van der Waals surface area contributed by atoms with Crippen molar-refractivity contribution in [3.8, 4) is 0 Å². The predicted molar refractivity (Wildman–Crippen MR) is 86.5 cm³/mol.